The van der Waals surface area contributed by atoms with Crippen molar-refractivity contribution in [3.8, 4) is 5.69 Å². The summed E-state index contributed by atoms with van der Waals surface area (Å²) in [6.45, 7) is 0. The molecule has 96 valence electrons. The topological polar surface area (TPSA) is 4.93 Å². The van der Waals surface area contributed by atoms with E-state index in [1.54, 1.807) is 12.1 Å². The molecule has 0 aliphatic heterocycles. The maximum Gasteiger partial charge on any atom is 0.0635 e. The lowest BCUT2D eigenvalue weighted by molar-refractivity contribution is 1.18. The second-order valence-corrected chi connectivity index (χ2v) is 5.48. The SMILES string of the molecule is [2H]c1cc2c3cc(Br)c([2H])cc3n(-c3ccccc3)c2cc1[2H]. The first-order valence-corrected chi connectivity index (χ1v) is 7.12. The Labute approximate surface area is 129 Å². The summed E-state index contributed by atoms with van der Waals surface area (Å²) in [4.78, 5) is 0. The van der Waals surface area contributed by atoms with Crippen molar-refractivity contribution in [1.82, 2.24) is 4.57 Å². The van der Waals surface area contributed by atoms with Crippen LogP contribution in [0.25, 0.3) is 27.5 Å². The third-order valence-corrected chi connectivity index (χ3v) is 3.92. The highest BCUT2D eigenvalue weighted by Gasteiger charge is 2.11. The highest BCUT2D eigenvalue weighted by molar-refractivity contribution is 9.10. The van der Waals surface area contributed by atoms with Crippen LogP contribution in [0.2, 0.25) is 0 Å². The molecule has 0 fully saturated rings. The summed E-state index contributed by atoms with van der Waals surface area (Å²) in [6, 6.07) is 17.9. The van der Waals surface area contributed by atoms with Crippen molar-refractivity contribution >= 4 is 37.7 Å². The van der Waals surface area contributed by atoms with Gasteiger partial charge in [0.2, 0.25) is 0 Å². The van der Waals surface area contributed by atoms with Crippen LogP contribution in [0.5, 0.6) is 0 Å². The van der Waals surface area contributed by atoms with Crippen LogP contribution in [0.4, 0.5) is 0 Å². The van der Waals surface area contributed by atoms with Crippen LogP contribution >= 0.6 is 15.9 Å². The zero-order valence-corrected chi connectivity index (χ0v) is 12.1. The van der Waals surface area contributed by atoms with Crippen molar-refractivity contribution in [2.24, 2.45) is 0 Å². The van der Waals surface area contributed by atoms with Crippen molar-refractivity contribution in [2.75, 3.05) is 0 Å². The Morgan fingerprint density at radius 2 is 1.60 bits per heavy atom. The lowest BCUT2D eigenvalue weighted by Crippen LogP contribution is -1.92. The van der Waals surface area contributed by atoms with Crippen molar-refractivity contribution in [3.05, 3.63) is 77.2 Å². The number of hydrogen-bond donors (Lipinski definition) is 0. The van der Waals surface area contributed by atoms with Gasteiger partial charge in [-0.25, -0.2) is 0 Å². The standard InChI is InChI=1S/C18H12BrN/c19-13-10-11-18-16(12-13)15-8-4-5-9-17(15)20(18)14-6-2-1-3-7-14/h1-12H/i4D,5D,10D. The third-order valence-electron chi connectivity index (χ3n) is 3.46. The molecular weight excluding hydrogens is 310 g/mol. The van der Waals surface area contributed by atoms with Gasteiger partial charge in [-0.1, -0.05) is 52.3 Å². The summed E-state index contributed by atoms with van der Waals surface area (Å²) in [5.41, 5.74) is 2.76. The minimum atomic E-state index is 0.197. The maximum absolute atomic E-state index is 8.08. The Morgan fingerprint density at radius 3 is 2.45 bits per heavy atom. The number of halogens is 1. The average Bonchev–Trinajstić information content (AvgIpc) is 2.82. The van der Waals surface area contributed by atoms with Gasteiger partial charge in [0.15, 0.2) is 0 Å². The summed E-state index contributed by atoms with van der Waals surface area (Å²) in [7, 11) is 0. The third kappa shape index (κ3) is 1.69. The predicted octanol–water partition coefficient (Wildman–Crippen LogP) is 5.55. The molecule has 4 rings (SSSR count). The molecule has 4 aromatic rings. The predicted molar refractivity (Wildman–Crippen MR) is 88.5 cm³/mol. The summed E-state index contributed by atoms with van der Waals surface area (Å²) in [6.07, 6.45) is 0. The monoisotopic (exact) mass is 324 g/mol. The van der Waals surface area contributed by atoms with Gasteiger partial charge in [0, 0.05) is 20.9 Å². The number of hydrogen-bond acceptors (Lipinski definition) is 0. The lowest BCUT2D eigenvalue weighted by atomic mass is 10.2. The van der Waals surface area contributed by atoms with Gasteiger partial charge in [0.1, 0.15) is 0 Å². The van der Waals surface area contributed by atoms with E-state index >= 15 is 0 Å². The van der Waals surface area contributed by atoms with Crippen LogP contribution in [0, 0.1) is 0 Å². The number of fused-ring (bicyclic) bond motifs is 3. The molecule has 0 amide bonds. The molecule has 0 saturated carbocycles. The molecule has 0 unspecified atom stereocenters. The first-order chi connectivity index (χ1) is 11.1. The zero-order valence-electron chi connectivity index (χ0n) is 13.5. The molecule has 2 heteroatoms. The smallest absolute Gasteiger partial charge is 0.0635 e. The van der Waals surface area contributed by atoms with E-state index in [0.29, 0.717) is 6.04 Å². The Morgan fingerprint density at radius 1 is 0.850 bits per heavy atom. The molecule has 3 aromatic carbocycles. The van der Waals surface area contributed by atoms with Gasteiger partial charge in [-0.2, -0.15) is 0 Å². The number of rotatable bonds is 1. The summed E-state index contributed by atoms with van der Waals surface area (Å²) >= 11 is 3.42. The van der Waals surface area contributed by atoms with Crippen LogP contribution in [-0.2, 0) is 0 Å². The van der Waals surface area contributed by atoms with Gasteiger partial charge in [-0.3, -0.25) is 0 Å². The normalized spacial score (nSPS) is 13.3. The Balaban J connectivity index is 2.25. The molecule has 0 saturated heterocycles. The molecule has 0 atom stereocenters. The largest absolute Gasteiger partial charge is 0.309 e. The van der Waals surface area contributed by atoms with E-state index in [1.165, 1.54) is 0 Å². The second-order valence-electron chi connectivity index (χ2n) is 4.63. The molecule has 0 bridgehead atoms. The van der Waals surface area contributed by atoms with E-state index in [9.17, 15) is 0 Å². The molecule has 0 aliphatic carbocycles. The van der Waals surface area contributed by atoms with Crippen LogP contribution in [0.1, 0.15) is 4.11 Å². The van der Waals surface area contributed by atoms with E-state index < -0.39 is 0 Å². The summed E-state index contributed by atoms with van der Waals surface area (Å²) in [5, 5.41) is 1.89. The molecule has 0 N–H and O–H groups in total. The van der Waals surface area contributed by atoms with Gasteiger partial charge in [0.25, 0.3) is 0 Å². The molecule has 1 heterocycles. The molecule has 0 spiro atoms. The fraction of sp³-hybridized carbons (Fsp3) is 0. The Kier molecular flexibility index (Phi) is 2.02. The van der Waals surface area contributed by atoms with Crippen molar-refractivity contribution in [1.29, 1.82) is 0 Å². The number of para-hydroxylation sites is 2. The average molecular weight is 325 g/mol. The highest BCUT2D eigenvalue weighted by Crippen LogP contribution is 2.33. The number of aromatic nitrogens is 1. The first-order valence-electron chi connectivity index (χ1n) is 7.83. The molecule has 0 radical (unpaired) electrons. The molecular formula is C18H12BrN. The quantitative estimate of drug-likeness (QED) is 0.433. The number of benzene rings is 3. The van der Waals surface area contributed by atoms with Crippen LogP contribution in [0.15, 0.2) is 77.2 Å². The fourth-order valence-electron chi connectivity index (χ4n) is 2.62. The maximum atomic E-state index is 8.08. The van der Waals surface area contributed by atoms with E-state index in [2.05, 4.69) is 15.9 Å². The van der Waals surface area contributed by atoms with E-state index in [4.69, 9.17) is 4.11 Å². The summed E-state index contributed by atoms with van der Waals surface area (Å²) < 4.78 is 26.8. The van der Waals surface area contributed by atoms with E-state index in [0.717, 1.165) is 32.0 Å². The van der Waals surface area contributed by atoms with E-state index in [1.807, 2.05) is 47.0 Å². The fourth-order valence-corrected chi connectivity index (χ4v) is 2.96. The van der Waals surface area contributed by atoms with E-state index in [-0.39, 0.29) is 12.1 Å². The van der Waals surface area contributed by atoms with Gasteiger partial charge in [0.05, 0.1) is 15.1 Å². The Bertz CT molecular complexity index is 989. The van der Waals surface area contributed by atoms with Gasteiger partial charge >= 0.3 is 0 Å². The van der Waals surface area contributed by atoms with Gasteiger partial charge in [-0.15, -0.1) is 0 Å². The van der Waals surface area contributed by atoms with Gasteiger partial charge < -0.3 is 4.57 Å². The van der Waals surface area contributed by atoms with Crippen LogP contribution < -0.4 is 0 Å². The minimum absolute atomic E-state index is 0.197. The van der Waals surface area contributed by atoms with Crippen LogP contribution in [0.3, 0.4) is 0 Å². The Hall–Kier alpha value is -2.06. The van der Waals surface area contributed by atoms with Crippen molar-refractivity contribution in [2.45, 2.75) is 0 Å². The summed E-state index contributed by atoms with van der Waals surface area (Å²) in [5.74, 6) is 0. The minimum Gasteiger partial charge on any atom is -0.309 e. The van der Waals surface area contributed by atoms with Crippen molar-refractivity contribution in [3.63, 3.8) is 0 Å². The lowest BCUT2D eigenvalue weighted by Gasteiger charge is -2.07. The second kappa shape index (κ2) is 4.50. The zero-order chi connectivity index (χ0) is 16.1. The molecule has 1 nitrogen and oxygen atoms in total. The van der Waals surface area contributed by atoms with Crippen molar-refractivity contribution < 1.29 is 4.11 Å². The first kappa shape index (κ1) is 8.98. The highest BCUT2D eigenvalue weighted by atomic mass is 79.9. The number of nitrogens with zero attached hydrogens (tertiary/aromatic N) is 1. The van der Waals surface area contributed by atoms with Crippen LogP contribution in [-0.4, -0.2) is 4.57 Å². The van der Waals surface area contributed by atoms with Gasteiger partial charge in [-0.05, 0) is 36.4 Å². The molecule has 1 aromatic heterocycles. The molecule has 0 aliphatic rings. The molecule has 20 heavy (non-hydrogen) atoms.